The van der Waals surface area contributed by atoms with E-state index in [9.17, 15) is 21.0 Å². The van der Waals surface area contributed by atoms with Gasteiger partial charge >= 0.3 is 12.4 Å². The summed E-state index contributed by atoms with van der Waals surface area (Å²) in [4.78, 5) is 0. The molecule has 12 rings (SSSR count). The first-order valence-electron chi connectivity index (χ1n) is 24.3. The van der Waals surface area contributed by atoms with Crippen molar-refractivity contribution in [2.45, 2.75) is 12.4 Å². The molecule has 0 saturated carbocycles. The molecule has 370 valence electrons. The van der Waals surface area contributed by atoms with Crippen LogP contribution in [0, 0.1) is 45.3 Å². The van der Waals surface area contributed by atoms with Crippen molar-refractivity contribution in [2.24, 2.45) is 0 Å². The summed E-state index contributed by atoms with van der Waals surface area (Å²) < 4.78 is 96.2. The van der Waals surface area contributed by atoms with Crippen LogP contribution in [0.25, 0.3) is 111 Å². The van der Waals surface area contributed by atoms with Gasteiger partial charge in [-0.3, -0.25) is 0 Å². The zero-order valence-electron chi connectivity index (χ0n) is 40.6. The molecule has 0 saturated heterocycles. The molecular formula is C66H34F6N6. The predicted molar refractivity (Wildman–Crippen MR) is 291 cm³/mol. The number of hydrogen-bond donors (Lipinski definition) is 0. The Hall–Kier alpha value is -10.7. The van der Waals surface area contributed by atoms with Crippen LogP contribution in [0.1, 0.15) is 33.4 Å². The number of nitriles is 4. The molecule has 0 N–H and O–H groups in total. The first-order valence-corrected chi connectivity index (χ1v) is 24.3. The minimum Gasteiger partial charge on any atom is -0.309 e. The van der Waals surface area contributed by atoms with Crippen molar-refractivity contribution in [1.29, 1.82) is 21.0 Å². The lowest BCUT2D eigenvalue weighted by molar-refractivity contribution is -0.138. The quantitative estimate of drug-likeness (QED) is 0.148. The molecule has 0 aliphatic rings. The predicted octanol–water partition coefficient (Wildman–Crippen LogP) is 17.7. The van der Waals surface area contributed by atoms with Gasteiger partial charge in [-0.05, 0) is 177 Å². The maximum atomic E-state index is 15.5. The lowest BCUT2D eigenvalue weighted by atomic mass is 9.98. The average molecular weight is 1030 g/mol. The minimum absolute atomic E-state index is 0.221. The summed E-state index contributed by atoms with van der Waals surface area (Å²) in [6.45, 7) is 0. The fraction of sp³-hybridized carbons (Fsp3) is 0.0303. The van der Waals surface area contributed by atoms with Crippen LogP contribution in [0.3, 0.4) is 0 Å². The van der Waals surface area contributed by atoms with E-state index in [0.29, 0.717) is 65.9 Å². The van der Waals surface area contributed by atoms with Gasteiger partial charge in [-0.1, -0.05) is 84.9 Å². The highest BCUT2D eigenvalue weighted by Crippen LogP contribution is 2.46. The Balaban J connectivity index is 1.08. The van der Waals surface area contributed by atoms with Gasteiger partial charge in [-0.15, -0.1) is 0 Å². The molecule has 0 unspecified atom stereocenters. The third kappa shape index (κ3) is 8.41. The van der Waals surface area contributed by atoms with Gasteiger partial charge in [0.05, 0.1) is 91.1 Å². The van der Waals surface area contributed by atoms with Gasteiger partial charge in [0, 0.05) is 21.5 Å². The Morgan fingerprint density at radius 1 is 0.256 bits per heavy atom. The van der Waals surface area contributed by atoms with Gasteiger partial charge < -0.3 is 9.13 Å². The number of halogens is 6. The van der Waals surface area contributed by atoms with Crippen LogP contribution in [-0.4, -0.2) is 9.13 Å². The summed E-state index contributed by atoms with van der Waals surface area (Å²) in [5.41, 5.74) is 7.67. The third-order valence-electron chi connectivity index (χ3n) is 14.3. The molecule has 10 aromatic carbocycles. The highest BCUT2D eigenvalue weighted by atomic mass is 19.4. The van der Waals surface area contributed by atoms with Gasteiger partial charge in [0.25, 0.3) is 0 Å². The van der Waals surface area contributed by atoms with Gasteiger partial charge in [-0.25, -0.2) is 0 Å². The smallest absolute Gasteiger partial charge is 0.309 e. The van der Waals surface area contributed by atoms with E-state index in [1.165, 1.54) is 33.4 Å². The van der Waals surface area contributed by atoms with Crippen molar-refractivity contribution in [3.05, 3.63) is 240 Å². The molecule has 0 atom stereocenters. The fourth-order valence-corrected chi connectivity index (χ4v) is 10.5. The molecule has 0 bridgehead atoms. The zero-order valence-corrected chi connectivity index (χ0v) is 40.6. The minimum atomic E-state index is -4.87. The van der Waals surface area contributed by atoms with Crippen LogP contribution in [0.4, 0.5) is 26.3 Å². The molecule has 0 aliphatic carbocycles. The Kier molecular flexibility index (Phi) is 11.5. The normalized spacial score (nSPS) is 11.7. The fourth-order valence-electron chi connectivity index (χ4n) is 10.5. The van der Waals surface area contributed by atoms with E-state index >= 15 is 26.3 Å². The lowest BCUT2D eigenvalue weighted by Gasteiger charge is -2.20. The second-order valence-corrected chi connectivity index (χ2v) is 18.8. The largest absolute Gasteiger partial charge is 0.418 e. The maximum Gasteiger partial charge on any atom is 0.418 e. The van der Waals surface area contributed by atoms with E-state index in [4.69, 9.17) is 0 Å². The molecule has 0 radical (unpaired) electrons. The molecule has 2 aromatic heterocycles. The Morgan fingerprint density at radius 3 is 0.679 bits per heavy atom. The standard InChI is InChI=1S/C66H34F6N6/c67-65(68,69)57-23-17-51(33-63(57)77-59-25-19-47(43-9-1-39(35-73)2-10-43)29-53(59)54-30-48(20-26-60(54)77)44-11-3-40(36-74)4-12-44)52-18-24-58(66(70,71)72)64(34-52)78-61-27-21-49(45-13-5-41(37-75)6-14-45)31-55(61)56-32-50(22-28-62(56)78)46-15-7-42(38-76)8-16-46/h1-34H. The van der Waals surface area contributed by atoms with Crippen LogP contribution in [-0.2, 0) is 12.4 Å². The van der Waals surface area contributed by atoms with Crippen LogP contribution >= 0.6 is 0 Å². The molecule has 0 aliphatic heterocycles. The van der Waals surface area contributed by atoms with E-state index in [-0.39, 0.29) is 22.5 Å². The zero-order chi connectivity index (χ0) is 54.0. The van der Waals surface area contributed by atoms with Crippen molar-refractivity contribution in [1.82, 2.24) is 9.13 Å². The molecule has 78 heavy (non-hydrogen) atoms. The highest BCUT2D eigenvalue weighted by molar-refractivity contribution is 6.13. The van der Waals surface area contributed by atoms with Crippen LogP contribution < -0.4 is 0 Å². The van der Waals surface area contributed by atoms with Gasteiger partial charge in [0.2, 0.25) is 0 Å². The van der Waals surface area contributed by atoms with Crippen LogP contribution in [0.15, 0.2) is 206 Å². The van der Waals surface area contributed by atoms with E-state index in [2.05, 4.69) is 24.3 Å². The number of hydrogen-bond acceptors (Lipinski definition) is 4. The highest BCUT2D eigenvalue weighted by Gasteiger charge is 2.37. The van der Waals surface area contributed by atoms with Crippen molar-refractivity contribution in [3.8, 4) is 91.3 Å². The van der Waals surface area contributed by atoms with Gasteiger partial charge in [0.1, 0.15) is 0 Å². The first kappa shape index (κ1) is 48.3. The molecule has 6 nitrogen and oxygen atoms in total. The van der Waals surface area contributed by atoms with E-state index in [1.807, 2.05) is 24.3 Å². The van der Waals surface area contributed by atoms with Crippen molar-refractivity contribution >= 4 is 43.6 Å². The maximum absolute atomic E-state index is 15.5. The summed E-state index contributed by atoms with van der Waals surface area (Å²) in [6.07, 6.45) is -9.74. The summed E-state index contributed by atoms with van der Waals surface area (Å²) in [7, 11) is 0. The monoisotopic (exact) mass is 1020 g/mol. The number of rotatable bonds is 7. The molecule has 12 heteroatoms. The summed E-state index contributed by atoms with van der Waals surface area (Å²) >= 11 is 0. The van der Waals surface area contributed by atoms with Crippen LogP contribution in [0.2, 0.25) is 0 Å². The number of alkyl halides is 6. The van der Waals surface area contributed by atoms with E-state index in [1.54, 1.807) is 146 Å². The number of aromatic nitrogens is 2. The SMILES string of the molecule is N#Cc1ccc(-c2ccc3c(c2)c2cc(-c4ccc(C#N)cc4)ccc2n3-c2cc(-c3ccc(C(F)(F)F)c(-n4c5ccc(-c6ccc(C#N)cc6)cc5c5cc(-c6ccc(C#N)cc6)ccc54)c3)ccc2C(F)(F)F)cc1. The third-order valence-corrected chi connectivity index (χ3v) is 14.3. The average Bonchev–Trinajstić information content (AvgIpc) is 4.21. The Bertz CT molecular complexity index is 4070. The first-order chi connectivity index (χ1) is 37.7. The summed E-state index contributed by atoms with van der Waals surface area (Å²) in [5.74, 6) is 0. The van der Waals surface area contributed by atoms with E-state index in [0.717, 1.165) is 56.6 Å². The summed E-state index contributed by atoms with van der Waals surface area (Å²) in [6, 6.07) is 65.3. The summed E-state index contributed by atoms with van der Waals surface area (Å²) in [5, 5.41) is 40.3. The molecule has 2 heterocycles. The van der Waals surface area contributed by atoms with Crippen molar-refractivity contribution in [3.63, 3.8) is 0 Å². The van der Waals surface area contributed by atoms with Gasteiger partial charge in [-0.2, -0.15) is 47.4 Å². The molecule has 12 aromatic rings. The second-order valence-electron chi connectivity index (χ2n) is 18.8. The molecule has 0 fully saturated rings. The topological polar surface area (TPSA) is 105 Å². The second kappa shape index (κ2) is 18.6. The number of fused-ring (bicyclic) bond motifs is 6. The van der Waals surface area contributed by atoms with Crippen molar-refractivity contribution < 1.29 is 26.3 Å². The van der Waals surface area contributed by atoms with Crippen LogP contribution in [0.5, 0.6) is 0 Å². The number of benzene rings is 10. The van der Waals surface area contributed by atoms with E-state index < -0.39 is 23.5 Å². The van der Waals surface area contributed by atoms with Gasteiger partial charge in [0.15, 0.2) is 0 Å². The molecule has 0 spiro atoms. The lowest BCUT2D eigenvalue weighted by Crippen LogP contribution is -2.12. The Labute approximate surface area is 441 Å². The van der Waals surface area contributed by atoms with Crippen molar-refractivity contribution in [2.75, 3.05) is 0 Å². The number of nitrogens with zero attached hydrogens (tertiary/aromatic N) is 6. The molecule has 0 amide bonds. The molecular weight excluding hydrogens is 991 g/mol. The Morgan fingerprint density at radius 2 is 0.462 bits per heavy atom.